The van der Waals surface area contributed by atoms with E-state index in [4.69, 9.17) is 9.15 Å². The van der Waals surface area contributed by atoms with Gasteiger partial charge in [-0.25, -0.2) is 8.78 Å². The molecule has 1 aromatic rings. The Labute approximate surface area is 81.0 Å². The van der Waals surface area contributed by atoms with Crippen molar-refractivity contribution in [1.29, 1.82) is 0 Å². The molecule has 0 fully saturated rings. The van der Waals surface area contributed by atoms with Crippen LogP contribution in [0, 0.1) is 0 Å². The van der Waals surface area contributed by atoms with Gasteiger partial charge in [0, 0.05) is 12.1 Å². The minimum Gasteiger partial charge on any atom is -0.467 e. The minimum atomic E-state index is -2.43. The monoisotopic (exact) mass is 205 g/mol. The van der Waals surface area contributed by atoms with Crippen molar-refractivity contribution in [2.24, 2.45) is 0 Å². The molecule has 5 heteroatoms. The summed E-state index contributed by atoms with van der Waals surface area (Å²) in [6.07, 6.45) is -0.848. The minimum absolute atomic E-state index is 0.0913. The van der Waals surface area contributed by atoms with Crippen molar-refractivity contribution in [1.82, 2.24) is 5.32 Å². The first-order chi connectivity index (χ1) is 6.72. The maximum atomic E-state index is 11.7. The topological polar surface area (TPSA) is 34.4 Å². The van der Waals surface area contributed by atoms with Gasteiger partial charge in [0.25, 0.3) is 6.43 Å². The van der Waals surface area contributed by atoms with Gasteiger partial charge in [-0.05, 0) is 13.1 Å². The lowest BCUT2D eigenvalue weighted by Gasteiger charge is -1.99. The van der Waals surface area contributed by atoms with Gasteiger partial charge in [-0.15, -0.1) is 0 Å². The summed E-state index contributed by atoms with van der Waals surface area (Å²) in [7, 11) is 1.82. The van der Waals surface area contributed by atoms with E-state index in [9.17, 15) is 8.78 Å². The van der Waals surface area contributed by atoms with Crippen molar-refractivity contribution in [2.45, 2.75) is 19.6 Å². The van der Waals surface area contributed by atoms with Crippen LogP contribution in [0.25, 0.3) is 0 Å². The second-order valence-corrected chi connectivity index (χ2v) is 2.86. The van der Waals surface area contributed by atoms with Crippen LogP contribution >= 0.6 is 0 Å². The Kier molecular flexibility index (Phi) is 4.55. The first kappa shape index (κ1) is 11.1. The zero-order chi connectivity index (χ0) is 10.4. The van der Waals surface area contributed by atoms with Crippen LogP contribution in [-0.2, 0) is 17.9 Å². The molecule has 0 atom stereocenters. The molecule has 1 rings (SSSR count). The summed E-state index contributed by atoms with van der Waals surface area (Å²) in [5.74, 6) is 0.566. The summed E-state index contributed by atoms with van der Waals surface area (Å²) >= 11 is 0. The Morgan fingerprint density at radius 1 is 1.57 bits per heavy atom. The Balaban J connectivity index is 2.28. The van der Waals surface area contributed by atoms with Gasteiger partial charge in [0.2, 0.25) is 0 Å². The molecule has 80 valence electrons. The van der Waals surface area contributed by atoms with Crippen molar-refractivity contribution in [2.75, 3.05) is 13.7 Å². The molecule has 0 amide bonds. The molecule has 0 aliphatic carbocycles. The van der Waals surface area contributed by atoms with Gasteiger partial charge in [0.15, 0.2) is 0 Å². The highest BCUT2D eigenvalue weighted by Gasteiger charge is 2.04. The largest absolute Gasteiger partial charge is 0.467 e. The van der Waals surface area contributed by atoms with Crippen LogP contribution < -0.4 is 5.32 Å². The van der Waals surface area contributed by atoms with Crippen molar-refractivity contribution >= 4 is 0 Å². The second kappa shape index (κ2) is 5.72. The first-order valence-corrected chi connectivity index (χ1v) is 4.29. The average molecular weight is 205 g/mol. The van der Waals surface area contributed by atoms with Crippen LogP contribution in [0.2, 0.25) is 0 Å². The van der Waals surface area contributed by atoms with Gasteiger partial charge in [-0.3, -0.25) is 0 Å². The number of halogens is 2. The molecule has 0 saturated carbocycles. The fourth-order valence-corrected chi connectivity index (χ4v) is 1.05. The Morgan fingerprint density at radius 2 is 2.36 bits per heavy atom. The highest BCUT2D eigenvalue weighted by Crippen LogP contribution is 2.09. The van der Waals surface area contributed by atoms with E-state index in [1.54, 1.807) is 12.3 Å². The number of nitrogens with one attached hydrogen (secondary N) is 1. The van der Waals surface area contributed by atoms with Crippen LogP contribution in [0.5, 0.6) is 0 Å². The number of hydrogen-bond acceptors (Lipinski definition) is 3. The zero-order valence-electron chi connectivity index (χ0n) is 7.93. The SMILES string of the molecule is CNCc1coc(COCC(F)F)c1. The van der Waals surface area contributed by atoms with E-state index in [1.165, 1.54) is 0 Å². The van der Waals surface area contributed by atoms with Crippen LogP contribution in [0.4, 0.5) is 8.78 Å². The lowest BCUT2D eigenvalue weighted by molar-refractivity contribution is 0.00453. The van der Waals surface area contributed by atoms with Gasteiger partial charge in [-0.1, -0.05) is 0 Å². The molecule has 1 N–H and O–H groups in total. The van der Waals surface area contributed by atoms with E-state index in [0.717, 1.165) is 5.56 Å². The fourth-order valence-electron chi connectivity index (χ4n) is 1.05. The maximum Gasteiger partial charge on any atom is 0.261 e. The lowest BCUT2D eigenvalue weighted by atomic mass is 10.3. The molecule has 0 bridgehead atoms. The number of hydrogen-bond donors (Lipinski definition) is 1. The van der Waals surface area contributed by atoms with E-state index >= 15 is 0 Å². The number of furan rings is 1. The molecular weight excluding hydrogens is 192 g/mol. The molecule has 0 aromatic carbocycles. The number of alkyl halides is 2. The van der Waals surface area contributed by atoms with Crippen LogP contribution in [0.3, 0.4) is 0 Å². The molecule has 3 nitrogen and oxygen atoms in total. The molecular formula is C9H13F2NO2. The molecule has 14 heavy (non-hydrogen) atoms. The highest BCUT2D eigenvalue weighted by atomic mass is 19.3. The summed E-state index contributed by atoms with van der Waals surface area (Å²) in [5.41, 5.74) is 0.975. The van der Waals surface area contributed by atoms with Crippen LogP contribution in [0.15, 0.2) is 16.7 Å². The van der Waals surface area contributed by atoms with E-state index in [0.29, 0.717) is 12.3 Å². The predicted molar refractivity (Wildman–Crippen MR) is 47.1 cm³/mol. The van der Waals surface area contributed by atoms with Gasteiger partial charge >= 0.3 is 0 Å². The number of rotatable bonds is 6. The van der Waals surface area contributed by atoms with Crippen molar-refractivity contribution in [3.05, 3.63) is 23.7 Å². The Morgan fingerprint density at radius 3 is 3.00 bits per heavy atom. The summed E-state index contributed by atoms with van der Waals surface area (Å²) in [5, 5.41) is 2.95. The summed E-state index contributed by atoms with van der Waals surface area (Å²) < 4.78 is 33.2. The second-order valence-electron chi connectivity index (χ2n) is 2.86. The van der Waals surface area contributed by atoms with Gasteiger partial charge < -0.3 is 14.5 Å². The summed E-state index contributed by atoms with van der Waals surface area (Å²) in [4.78, 5) is 0. The van der Waals surface area contributed by atoms with Crippen LogP contribution in [0.1, 0.15) is 11.3 Å². The van der Waals surface area contributed by atoms with Crippen molar-refractivity contribution in [3.8, 4) is 0 Å². The molecule has 0 aliphatic rings. The molecule has 0 aliphatic heterocycles. The summed E-state index contributed by atoms with van der Waals surface area (Å²) in [6, 6.07) is 1.78. The normalized spacial score (nSPS) is 11.1. The number of ether oxygens (including phenoxy) is 1. The Bertz CT molecular complexity index is 263. The van der Waals surface area contributed by atoms with Crippen molar-refractivity contribution < 1.29 is 17.9 Å². The van der Waals surface area contributed by atoms with Crippen molar-refractivity contribution in [3.63, 3.8) is 0 Å². The van der Waals surface area contributed by atoms with E-state index < -0.39 is 13.0 Å². The molecule has 1 aromatic heterocycles. The van der Waals surface area contributed by atoms with E-state index in [2.05, 4.69) is 5.32 Å². The third-order valence-corrected chi connectivity index (χ3v) is 1.58. The highest BCUT2D eigenvalue weighted by molar-refractivity contribution is 5.11. The molecule has 0 unspecified atom stereocenters. The third-order valence-electron chi connectivity index (χ3n) is 1.58. The van der Waals surface area contributed by atoms with Gasteiger partial charge in [0.05, 0.1) is 6.26 Å². The Hall–Kier alpha value is -0.940. The summed E-state index contributed by atoms with van der Waals surface area (Å²) in [6.45, 7) is 0.231. The quantitative estimate of drug-likeness (QED) is 0.768. The average Bonchev–Trinajstić information content (AvgIpc) is 2.53. The van der Waals surface area contributed by atoms with Gasteiger partial charge in [0.1, 0.15) is 19.0 Å². The van der Waals surface area contributed by atoms with Gasteiger partial charge in [-0.2, -0.15) is 0 Å². The van der Waals surface area contributed by atoms with E-state index in [-0.39, 0.29) is 6.61 Å². The van der Waals surface area contributed by atoms with E-state index in [1.807, 2.05) is 7.05 Å². The molecule has 0 radical (unpaired) electrons. The standard InChI is InChI=1S/C9H13F2NO2/c1-12-3-7-2-8(14-4-7)5-13-6-9(10)11/h2,4,9,12H,3,5-6H2,1H3. The fraction of sp³-hybridized carbons (Fsp3) is 0.556. The molecule has 0 spiro atoms. The maximum absolute atomic E-state index is 11.7. The smallest absolute Gasteiger partial charge is 0.261 e. The third kappa shape index (κ3) is 3.85. The molecule has 0 saturated heterocycles. The lowest BCUT2D eigenvalue weighted by Crippen LogP contribution is -2.04. The molecule has 1 heterocycles. The zero-order valence-corrected chi connectivity index (χ0v) is 7.93. The first-order valence-electron chi connectivity index (χ1n) is 4.29. The predicted octanol–water partition coefficient (Wildman–Crippen LogP) is 1.78. The van der Waals surface area contributed by atoms with Crippen LogP contribution in [-0.4, -0.2) is 20.1 Å².